The van der Waals surface area contributed by atoms with Crippen LogP contribution in [-0.2, 0) is 30.8 Å². The minimum Gasteiger partial charge on any atom is -0.483 e. The SMILES string of the molecule is Cc1ccc(S(=O)(=O)N(C)C)cc1NC(=O)COC(=O)COc1cccc2c1OC(C)(C)C2. The second kappa shape index (κ2) is 9.40. The zero-order chi connectivity index (χ0) is 24.4. The fraction of sp³-hybridized carbons (Fsp3) is 0.391. The van der Waals surface area contributed by atoms with Gasteiger partial charge in [0.25, 0.3) is 5.91 Å². The van der Waals surface area contributed by atoms with E-state index in [9.17, 15) is 18.0 Å². The number of rotatable bonds is 8. The van der Waals surface area contributed by atoms with Crippen LogP contribution >= 0.6 is 0 Å². The van der Waals surface area contributed by atoms with E-state index in [-0.39, 0.29) is 17.1 Å². The lowest BCUT2D eigenvalue weighted by Crippen LogP contribution is -2.25. The van der Waals surface area contributed by atoms with Crippen LogP contribution in [0.5, 0.6) is 11.5 Å². The number of amides is 1. The number of hydrogen-bond donors (Lipinski definition) is 1. The van der Waals surface area contributed by atoms with Crippen molar-refractivity contribution in [2.75, 3.05) is 32.6 Å². The van der Waals surface area contributed by atoms with Crippen LogP contribution in [-0.4, -0.2) is 57.5 Å². The molecule has 0 atom stereocenters. The van der Waals surface area contributed by atoms with Gasteiger partial charge in [-0.25, -0.2) is 17.5 Å². The summed E-state index contributed by atoms with van der Waals surface area (Å²) in [5.41, 5.74) is 1.63. The van der Waals surface area contributed by atoms with E-state index >= 15 is 0 Å². The molecule has 3 rings (SSSR count). The molecular formula is C23H28N2O7S. The Morgan fingerprint density at radius 3 is 2.58 bits per heavy atom. The number of nitrogens with one attached hydrogen (secondary N) is 1. The van der Waals surface area contributed by atoms with Gasteiger partial charge in [-0.1, -0.05) is 18.2 Å². The first kappa shape index (κ1) is 24.5. The van der Waals surface area contributed by atoms with Crippen molar-refractivity contribution in [3.05, 3.63) is 47.5 Å². The third-order valence-electron chi connectivity index (χ3n) is 5.03. The maximum atomic E-state index is 12.3. The van der Waals surface area contributed by atoms with Crippen LogP contribution < -0.4 is 14.8 Å². The van der Waals surface area contributed by atoms with Gasteiger partial charge in [0, 0.05) is 31.8 Å². The normalized spacial score (nSPS) is 14.4. The molecule has 2 aromatic carbocycles. The molecule has 178 valence electrons. The number of para-hydroxylation sites is 1. The summed E-state index contributed by atoms with van der Waals surface area (Å²) < 4.78 is 42.1. The maximum absolute atomic E-state index is 12.3. The van der Waals surface area contributed by atoms with Crippen molar-refractivity contribution >= 4 is 27.6 Å². The number of ether oxygens (including phenoxy) is 3. The molecule has 0 bridgehead atoms. The second-order valence-electron chi connectivity index (χ2n) is 8.54. The average molecular weight is 477 g/mol. The Kier molecular flexibility index (Phi) is 6.99. The van der Waals surface area contributed by atoms with Crippen molar-refractivity contribution in [1.29, 1.82) is 0 Å². The highest BCUT2D eigenvalue weighted by molar-refractivity contribution is 7.89. The van der Waals surface area contributed by atoms with Gasteiger partial charge < -0.3 is 19.5 Å². The Morgan fingerprint density at radius 2 is 1.88 bits per heavy atom. The van der Waals surface area contributed by atoms with E-state index < -0.39 is 28.5 Å². The number of aryl methyl sites for hydroxylation is 1. The number of hydrogen-bond acceptors (Lipinski definition) is 7. The second-order valence-corrected chi connectivity index (χ2v) is 10.7. The first-order chi connectivity index (χ1) is 15.4. The van der Waals surface area contributed by atoms with Gasteiger partial charge in [-0.15, -0.1) is 0 Å². The Bertz CT molecular complexity index is 1170. The summed E-state index contributed by atoms with van der Waals surface area (Å²) in [6, 6.07) is 9.89. The van der Waals surface area contributed by atoms with Gasteiger partial charge in [-0.2, -0.15) is 0 Å². The lowest BCUT2D eigenvalue weighted by atomic mass is 10.0. The number of nitrogens with zero attached hydrogens (tertiary/aromatic N) is 1. The van der Waals surface area contributed by atoms with Gasteiger partial charge in [0.1, 0.15) is 5.60 Å². The summed E-state index contributed by atoms with van der Waals surface area (Å²) in [6.07, 6.45) is 0.737. The highest BCUT2D eigenvalue weighted by atomic mass is 32.2. The van der Waals surface area contributed by atoms with E-state index in [0.717, 1.165) is 16.3 Å². The van der Waals surface area contributed by atoms with Crippen molar-refractivity contribution in [3.63, 3.8) is 0 Å². The van der Waals surface area contributed by atoms with Gasteiger partial charge in [-0.05, 0) is 44.5 Å². The van der Waals surface area contributed by atoms with Crippen LogP contribution in [0.4, 0.5) is 5.69 Å². The highest BCUT2D eigenvalue weighted by Gasteiger charge is 2.32. The van der Waals surface area contributed by atoms with Crippen molar-refractivity contribution in [1.82, 2.24) is 4.31 Å². The predicted molar refractivity (Wildman–Crippen MR) is 122 cm³/mol. The molecular weight excluding hydrogens is 448 g/mol. The van der Waals surface area contributed by atoms with Crippen molar-refractivity contribution < 1.29 is 32.2 Å². The molecule has 1 aliphatic heterocycles. The molecule has 1 aliphatic rings. The van der Waals surface area contributed by atoms with E-state index in [1.54, 1.807) is 19.1 Å². The molecule has 0 aromatic heterocycles. The summed E-state index contributed by atoms with van der Waals surface area (Å²) in [4.78, 5) is 24.4. The van der Waals surface area contributed by atoms with E-state index in [2.05, 4.69) is 5.32 Å². The van der Waals surface area contributed by atoms with Crippen LogP contribution in [0.25, 0.3) is 0 Å². The number of carbonyl (C=O) groups is 2. The molecule has 0 saturated heterocycles. The van der Waals surface area contributed by atoms with E-state index in [4.69, 9.17) is 14.2 Å². The molecule has 1 amide bonds. The molecule has 0 saturated carbocycles. The molecule has 33 heavy (non-hydrogen) atoms. The molecule has 1 heterocycles. The number of benzene rings is 2. The fourth-order valence-corrected chi connectivity index (χ4v) is 4.25. The molecule has 0 radical (unpaired) electrons. The summed E-state index contributed by atoms with van der Waals surface area (Å²) in [5, 5.41) is 2.57. The van der Waals surface area contributed by atoms with E-state index in [1.165, 1.54) is 26.2 Å². The summed E-state index contributed by atoms with van der Waals surface area (Å²) in [5.74, 6) is -0.276. The van der Waals surface area contributed by atoms with Crippen LogP contribution in [0.3, 0.4) is 0 Å². The van der Waals surface area contributed by atoms with Gasteiger partial charge in [0.05, 0.1) is 4.90 Å². The zero-order valence-electron chi connectivity index (χ0n) is 19.3. The predicted octanol–water partition coefficient (Wildman–Crippen LogP) is 2.52. The third kappa shape index (κ3) is 5.82. The number of carbonyl (C=O) groups excluding carboxylic acids is 2. The largest absolute Gasteiger partial charge is 0.483 e. The molecule has 1 N–H and O–H groups in total. The number of esters is 1. The minimum absolute atomic E-state index is 0.0413. The Balaban J connectivity index is 1.54. The lowest BCUT2D eigenvalue weighted by molar-refractivity contribution is -0.149. The van der Waals surface area contributed by atoms with Crippen LogP contribution in [0.1, 0.15) is 25.0 Å². The quantitative estimate of drug-likeness (QED) is 0.583. The first-order valence-electron chi connectivity index (χ1n) is 10.3. The van der Waals surface area contributed by atoms with E-state index in [1.807, 2.05) is 26.0 Å². The smallest absolute Gasteiger partial charge is 0.344 e. The molecule has 0 aliphatic carbocycles. The molecule has 9 nitrogen and oxygen atoms in total. The van der Waals surface area contributed by atoms with Gasteiger partial charge in [0.15, 0.2) is 24.7 Å². The van der Waals surface area contributed by atoms with Crippen molar-refractivity contribution in [2.24, 2.45) is 0 Å². The molecule has 0 fully saturated rings. The lowest BCUT2D eigenvalue weighted by Gasteiger charge is -2.18. The van der Waals surface area contributed by atoms with Gasteiger partial charge >= 0.3 is 5.97 Å². The van der Waals surface area contributed by atoms with E-state index in [0.29, 0.717) is 22.7 Å². The Labute approximate surface area is 193 Å². The fourth-order valence-electron chi connectivity index (χ4n) is 3.32. The molecule has 10 heteroatoms. The topological polar surface area (TPSA) is 111 Å². The maximum Gasteiger partial charge on any atom is 0.344 e. The van der Waals surface area contributed by atoms with Gasteiger partial charge in [0.2, 0.25) is 10.0 Å². The number of fused-ring (bicyclic) bond motifs is 1. The molecule has 0 spiro atoms. The summed E-state index contributed by atoms with van der Waals surface area (Å²) >= 11 is 0. The minimum atomic E-state index is -3.65. The standard InChI is InChI=1S/C23H28N2O7S/c1-15-9-10-17(33(28,29)25(4)5)11-18(15)24-20(26)13-31-21(27)14-30-19-8-6-7-16-12-23(2,3)32-22(16)19/h6-11H,12-14H2,1-5H3,(H,24,26). The highest BCUT2D eigenvalue weighted by Crippen LogP contribution is 2.41. The number of anilines is 1. The first-order valence-corrected chi connectivity index (χ1v) is 11.8. The number of sulfonamides is 1. The van der Waals surface area contributed by atoms with Gasteiger partial charge in [-0.3, -0.25) is 4.79 Å². The van der Waals surface area contributed by atoms with Crippen LogP contribution in [0.15, 0.2) is 41.3 Å². The van der Waals surface area contributed by atoms with Crippen LogP contribution in [0, 0.1) is 6.92 Å². The Hall–Kier alpha value is -3.11. The molecule has 0 unspecified atom stereocenters. The molecule has 2 aromatic rings. The zero-order valence-corrected chi connectivity index (χ0v) is 20.1. The van der Waals surface area contributed by atoms with Crippen LogP contribution in [0.2, 0.25) is 0 Å². The monoisotopic (exact) mass is 476 g/mol. The Morgan fingerprint density at radius 1 is 1.15 bits per heavy atom. The summed E-state index contributed by atoms with van der Waals surface area (Å²) in [6.45, 7) is 4.74. The van der Waals surface area contributed by atoms with Crippen molar-refractivity contribution in [3.8, 4) is 11.5 Å². The summed E-state index contributed by atoms with van der Waals surface area (Å²) in [7, 11) is -0.809. The third-order valence-corrected chi connectivity index (χ3v) is 6.84. The average Bonchev–Trinajstić information content (AvgIpc) is 3.06. The van der Waals surface area contributed by atoms with Crippen molar-refractivity contribution in [2.45, 2.75) is 37.7 Å².